The molecule has 2 rings (SSSR count). The summed E-state index contributed by atoms with van der Waals surface area (Å²) >= 11 is 0. The number of aromatic nitrogens is 2. The summed E-state index contributed by atoms with van der Waals surface area (Å²) in [6, 6.07) is 3.71. The van der Waals surface area contributed by atoms with Crippen LogP contribution in [0.5, 0.6) is 17.2 Å². The number of hydrogen-bond acceptors (Lipinski definition) is 5. The molecule has 0 aliphatic carbocycles. The molecule has 0 aliphatic heterocycles. The standard InChI is InChI=1S/C13H17N3O3/c1-17-10-4-8(5-11(18-2)13(10)19-3)9-7-15-12(6-14)16-9/h4-5,7H,6,14H2,1-3H3,(H,15,16). The second-order valence-electron chi connectivity index (χ2n) is 3.86. The SMILES string of the molecule is COc1cc(-c2cnc(CN)[nH]2)cc(OC)c1OC. The molecule has 1 aromatic heterocycles. The van der Waals surface area contributed by atoms with Gasteiger partial charge >= 0.3 is 0 Å². The van der Waals surface area contributed by atoms with Gasteiger partial charge in [0.2, 0.25) is 5.75 Å². The molecule has 19 heavy (non-hydrogen) atoms. The Balaban J connectivity index is 2.51. The van der Waals surface area contributed by atoms with E-state index in [0.717, 1.165) is 17.1 Å². The Kier molecular flexibility index (Phi) is 3.91. The molecule has 0 atom stereocenters. The zero-order valence-corrected chi connectivity index (χ0v) is 11.2. The average molecular weight is 263 g/mol. The van der Waals surface area contributed by atoms with Crippen molar-refractivity contribution in [2.24, 2.45) is 5.73 Å². The van der Waals surface area contributed by atoms with Crippen LogP contribution in [-0.4, -0.2) is 31.3 Å². The smallest absolute Gasteiger partial charge is 0.203 e. The molecule has 102 valence electrons. The molecule has 1 heterocycles. The number of nitrogens with one attached hydrogen (secondary N) is 1. The van der Waals surface area contributed by atoms with E-state index in [0.29, 0.717) is 23.8 Å². The molecule has 3 N–H and O–H groups in total. The van der Waals surface area contributed by atoms with Crippen molar-refractivity contribution in [1.82, 2.24) is 9.97 Å². The molecule has 0 amide bonds. The van der Waals surface area contributed by atoms with Crippen molar-refractivity contribution in [3.05, 3.63) is 24.2 Å². The van der Waals surface area contributed by atoms with E-state index in [1.807, 2.05) is 12.1 Å². The minimum atomic E-state index is 0.366. The van der Waals surface area contributed by atoms with Crippen LogP contribution in [-0.2, 0) is 6.54 Å². The average Bonchev–Trinajstić information content (AvgIpc) is 2.94. The van der Waals surface area contributed by atoms with Gasteiger partial charge in [-0.1, -0.05) is 0 Å². The van der Waals surface area contributed by atoms with Crippen LogP contribution in [0.2, 0.25) is 0 Å². The lowest BCUT2D eigenvalue weighted by Gasteiger charge is -2.13. The lowest BCUT2D eigenvalue weighted by molar-refractivity contribution is 0.324. The van der Waals surface area contributed by atoms with Crippen molar-refractivity contribution in [3.8, 4) is 28.5 Å². The van der Waals surface area contributed by atoms with Crippen molar-refractivity contribution in [1.29, 1.82) is 0 Å². The Morgan fingerprint density at radius 3 is 2.16 bits per heavy atom. The summed E-state index contributed by atoms with van der Waals surface area (Å²) in [4.78, 5) is 7.30. The van der Waals surface area contributed by atoms with Crippen LogP contribution in [0.1, 0.15) is 5.82 Å². The fourth-order valence-electron chi connectivity index (χ4n) is 1.85. The monoisotopic (exact) mass is 263 g/mol. The van der Waals surface area contributed by atoms with Gasteiger partial charge in [0, 0.05) is 5.56 Å². The van der Waals surface area contributed by atoms with Gasteiger partial charge in [-0.2, -0.15) is 0 Å². The van der Waals surface area contributed by atoms with E-state index in [1.165, 1.54) is 0 Å². The molecular weight excluding hydrogens is 246 g/mol. The van der Waals surface area contributed by atoms with Crippen molar-refractivity contribution < 1.29 is 14.2 Å². The van der Waals surface area contributed by atoms with Crippen LogP contribution in [0.4, 0.5) is 0 Å². The Hall–Kier alpha value is -2.21. The normalized spacial score (nSPS) is 10.3. The summed E-state index contributed by atoms with van der Waals surface area (Å²) in [7, 11) is 4.74. The van der Waals surface area contributed by atoms with Gasteiger partial charge in [-0.15, -0.1) is 0 Å². The second kappa shape index (κ2) is 5.62. The van der Waals surface area contributed by atoms with Gasteiger partial charge in [0.05, 0.1) is 39.8 Å². The maximum atomic E-state index is 5.54. The fourth-order valence-corrected chi connectivity index (χ4v) is 1.85. The van der Waals surface area contributed by atoms with Crippen LogP contribution in [0.15, 0.2) is 18.3 Å². The zero-order chi connectivity index (χ0) is 13.8. The van der Waals surface area contributed by atoms with E-state index < -0.39 is 0 Å². The van der Waals surface area contributed by atoms with Crippen molar-refractivity contribution >= 4 is 0 Å². The Morgan fingerprint density at radius 2 is 1.74 bits per heavy atom. The highest BCUT2D eigenvalue weighted by atomic mass is 16.5. The third kappa shape index (κ3) is 2.48. The number of rotatable bonds is 5. The summed E-state index contributed by atoms with van der Waals surface area (Å²) in [6.45, 7) is 0.366. The minimum Gasteiger partial charge on any atom is -0.493 e. The predicted octanol–water partition coefficient (Wildman–Crippen LogP) is 1.56. The highest BCUT2D eigenvalue weighted by Crippen LogP contribution is 2.40. The van der Waals surface area contributed by atoms with Gasteiger partial charge in [-0.05, 0) is 12.1 Å². The Labute approximate surface area is 111 Å². The first kappa shape index (κ1) is 13.2. The molecular formula is C13H17N3O3. The number of aromatic amines is 1. The molecule has 0 bridgehead atoms. The second-order valence-corrected chi connectivity index (χ2v) is 3.86. The molecule has 0 radical (unpaired) electrons. The number of methoxy groups -OCH3 is 3. The van der Waals surface area contributed by atoms with E-state index in [-0.39, 0.29) is 0 Å². The van der Waals surface area contributed by atoms with E-state index in [2.05, 4.69) is 9.97 Å². The van der Waals surface area contributed by atoms with Crippen LogP contribution in [0.25, 0.3) is 11.3 Å². The van der Waals surface area contributed by atoms with Crippen LogP contribution in [0.3, 0.4) is 0 Å². The van der Waals surface area contributed by atoms with E-state index in [4.69, 9.17) is 19.9 Å². The topological polar surface area (TPSA) is 82.4 Å². The van der Waals surface area contributed by atoms with Gasteiger partial charge in [-0.25, -0.2) is 4.98 Å². The number of nitrogens with zero attached hydrogens (tertiary/aromatic N) is 1. The van der Waals surface area contributed by atoms with Crippen molar-refractivity contribution in [2.75, 3.05) is 21.3 Å². The first-order chi connectivity index (χ1) is 9.23. The van der Waals surface area contributed by atoms with Gasteiger partial charge in [0.1, 0.15) is 5.82 Å². The van der Waals surface area contributed by atoms with Gasteiger partial charge < -0.3 is 24.9 Å². The summed E-state index contributed by atoms with van der Waals surface area (Å²) in [5.41, 5.74) is 7.27. The zero-order valence-electron chi connectivity index (χ0n) is 11.2. The van der Waals surface area contributed by atoms with E-state index in [9.17, 15) is 0 Å². The van der Waals surface area contributed by atoms with Crippen LogP contribution >= 0.6 is 0 Å². The molecule has 0 spiro atoms. The van der Waals surface area contributed by atoms with E-state index >= 15 is 0 Å². The molecule has 0 saturated heterocycles. The first-order valence-electron chi connectivity index (χ1n) is 5.77. The molecule has 6 nitrogen and oxygen atoms in total. The third-order valence-corrected chi connectivity index (χ3v) is 2.80. The summed E-state index contributed by atoms with van der Waals surface area (Å²) in [5, 5.41) is 0. The number of H-pyrrole nitrogens is 1. The molecule has 0 aliphatic rings. The van der Waals surface area contributed by atoms with Gasteiger partial charge in [-0.3, -0.25) is 0 Å². The summed E-state index contributed by atoms with van der Waals surface area (Å²) < 4.78 is 15.9. The number of hydrogen-bond donors (Lipinski definition) is 2. The summed E-state index contributed by atoms with van der Waals surface area (Å²) in [6.07, 6.45) is 1.73. The molecule has 2 aromatic rings. The van der Waals surface area contributed by atoms with Crippen molar-refractivity contribution in [3.63, 3.8) is 0 Å². The third-order valence-electron chi connectivity index (χ3n) is 2.80. The Morgan fingerprint density at radius 1 is 1.11 bits per heavy atom. The summed E-state index contributed by atoms with van der Waals surface area (Å²) in [5.74, 6) is 2.48. The molecule has 1 aromatic carbocycles. The number of imidazole rings is 1. The first-order valence-corrected chi connectivity index (χ1v) is 5.77. The minimum absolute atomic E-state index is 0.366. The maximum Gasteiger partial charge on any atom is 0.203 e. The Bertz CT molecular complexity index is 541. The molecule has 0 saturated carbocycles. The number of benzene rings is 1. The molecule has 0 unspecified atom stereocenters. The largest absolute Gasteiger partial charge is 0.493 e. The number of nitrogens with two attached hydrogens (primary N) is 1. The highest BCUT2D eigenvalue weighted by Gasteiger charge is 2.14. The maximum absolute atomic E-state index is 5.54. The lowest BCUT2D eigenvalue weighted by Crippen LogP contribution is -1.98. The van der Waals surface area contributed by atoms with Gasteiger partial charge in [0.25, 0.3) is 0 Å². The lowest BCUT2D eigenvalue weighted by atomic mass is 10.1. The van der Waals surface area contributed by atoms with Crippen LogP contribution < -0.4 is 19.9 Å². The van der Waals surface area contributed by atoms with Gasteiger partial charge in [0.15, 0.2) is 11.5 Å². The fraction of sp³-hybridized carbons (Fsp3) is 0.308. The molecule has 0 fully saturated rings. The van der Waals surface area contributed by atoms with Crippen molar-refractivity contribution in [2.45, 2.75) is 6.54 Å². The molecule has 6 heteroatoms. The number of ether oxygens (including phenoxy) is 3. The predicted molar refractivity (Wildman–Crippen MR) is 71.6 cm³/mol. The highest BCUT2D eigenvalue weighted by molar-refractivity contribution is 5.68. The quantitative estimate of drug-likeness (QED) is 0.855. The van der Waals surface area contributed by atoms with Crippen LogP contribution in [0, 0.1) is 0 Å². The van der Waals surface area contributed by atoms with E-state index in [1.54, 1.807) is 27.5 Å².